The van der Waals surface area contributed by atoms with Crippen LogP contribution in [-0.4, -0.2) is 27.2 Å². The Morgan fingerprint density at radius 1 is 1.18 bits per heavy atom. The van der Waals surface area contributed by atoms with Crippen molar-refractivity contribution in [3.8, 4) is 5.75 Å². The minimum absolute atomic E-state index is 0.163. The van der Waals surface area contributed by atoms with Crippen LogP contribution < -0.4 is 10.1 Å². The predicted molar refractivity (Wildman–Crippen MR) is 107 cm³/mol. The minimum atomic E-state index is -0.163. The molecule has 3 aromatic rings. The molecule has 0 saturated heterocycles. The number of hydrogen-bond acceptors (Lipinski definition) is 4. The summed E-state index contributed by atoms with van der Waals surface area (Å²) in [4.78, 5) is 12.6. The van der Waals surface area contributed by atoms with Gasteiger partial charge in [-0.1, -0.05) is 35.9 Å². The summed E-state index contributed by atoms with van der Waals surface area (Å²) < 4.78 is 7.97. The Labute approximate surface area is 168 Å². The van der Waals surface area contributed by atoms with Gasteiger partial charge in [-0.3, -0.25) is 4.79 Å². The van der Waals surface area contributed by atoms with Crippen molar-refractivity contribution in [2.24, 2.45) is 0 Å². The molecule has 144 valence electrons. The van der Waals surface area contributed by atoms with E-state index < -0.39 is 0 Å². The lowest BCUT2D eigenvalue weighted by atomic mass is 10.2. The second-order valence-electron chi connectivity index (χ2n) is 6.80. The molecule has 1 aromatic heterocycles. The van der Waals surface area contributed by atoms with Crippen LogP contribution in [0.15, 0.2) is 54.9 Å². The highest BCUT2D eigenvalue weighted by atomic mass is 35.5. The summed E-state index contributed by atoms with van der Waals surface area (Å²) in [6.07, 6.45) is 4.77. The molecule has 0 aliphatic heterocycles. The number of ether oxygens (including phenoxy) is 1. The third-order valence-corrected chi connectivity index (χ3v) is 4.91. The molecule has 0 bridgehead atoms. The molecule has 0 spiro atoms. The molecule has 7 heteroatoms. The van der Waals surface area contributed by atoms with E-state index in [0.29, 0.717) is 41.9 Å². The molecule has 1 aliphatic carbocycles. The molecule has 0 unspecified atom stereocenters. The zero-order chi connectivity index (χ0) is 19.3. The van der Waals surface area contributed by atoms with Crippen molar-refractivity contribution in [3.63, 3.8) is 0 Å². The van der Waals surface area contributed by atoms with Crippen LogP contribution in [-0.2, 0) is 13.0 Å². The van der Waals surface area contributed by atoms with Gasteiger partial charge in [0.15, 0.2) is 0 Å². The molecule has 1 amide bonds. The lowest BCUT2D eigenvalue weighted by molar-refractivity contribution is 0.0949. The first-order valence-corrected chi connectivity index (χ1v) is 9.71. The van der Waals surface area contributed by atoms with Crippen LogP contribution in [0.4, 0.5) is 0 Å². The van der Waals surface area contributed by atoms with Crippen LogP contribution in [0.3, 0.4) is 0 Å². The van der Waals surface area contributed by atoms with E-state index in [4.69, 9.17) is 16.3 Å². The zero-order valence-electron chi connectivity index (χ0n) is 15.3. The maximum Gasteiger partial charge on any atom is 0.255 e. The van der Waals surface area contributed by atoms with Crippen molar-refractivity contribution < 1.29 is 9.53 Å². The topological polar surface area (TPSA) is 69.0 Å². The Balaban J connectivity index is 1.34. The highest BCUT2D eigenvalue weighted by Crippen LogP contribution is 2.35. The summed E-state index contributed by atoms with van der Waals surface area (Å²) in [6.45, 7) is 0.863. The predicted octanol–water partition coefficient (Wildman–Crippen LogP) is 3.82. The molecular formula is C21H21ClN4O2. The molecule has 1 heterocycles. The van der Waals surface area contributed by atoms with E-state index in [0.717, 1.165) is 11.4 Å². The fourth-order valence-electron chi connectivity index (χ4n) is 3.01. The van der Waals surface area contributed by atoms with Gasteiger partial charge in [-0.15, -0.1) is 10.2 Å². The highest BCUT2D eigenvalue weighted by Gasteiger charge is 2.25. The van der Waals surface area contributed by atoms with Crippen LogP contribution >= 0.6 is 11.6 Å². The molecule has 4 rings (SSSR count). The molecule has 1 N–H and O–H groups in total. The van der Waals surface area contributed by atoms with Crippen LogP contribution in [0.2, 0.25) is 5.02 Å². The quantitative estimate of drug-likeness (QED) is 0.628. The van der Waals surface area contributed by atoms with Crippen molar-refractivity contribution in [2.45, 2.75) is 31.9 Å². The van der Waals surface area contributed by atoms with Crippen molar-refractivity contribution in [1.82, 2.24) is 20.1 Å². The van der Waals surface area contributed by atoms with Crippen LogP contribution in [0.25, 0.3) is 0 Å². The van der Waals surface area contributed by atoms with Gasteiger partial charge in [0.1, 0.15) is 24.5 Å². The van der Waals surface area contributed by atoms with Crippen LogP contribution in [0, 0.1) is 0 Å². The molecular weight excluding hydrogens is 376 g/mol. The number of rotatable bonds is 8. The number of halogens is 1. The molecule has 1 aliphatic rings. The Bertz CT molecular complexity index is 951. The summed E-state index contributed by atoms with van der Waals surface area (Å²) in [6, 6.07) is 15.2. The Hall–Kier alpha value is -2.86. The molecule has 0 atom stereocenters. The summed E-state index contributed by atoms with van der Waals surface area (Å²) in [5.74, 6) is 1.30. The van der Waals surface area contributed by atoms with Crippen molar-refractivity contribution in [1.29, 1.82) is 0 Å². The van der Waals surface area contributed by atoms with E-state index in [9.17, 15) is 4.79 Å². The number of nitrogens with one attached hydrogen (secondary N) is 1. The molecule has 1 saturated carbocycles. The molecule has 0 radical (unpaired) electrons. The van der Waals surface area contributed by atoms with E-state index in [1.807, 2.05) is 36.4 Å². The van der Waals surface area contributed by atoms with Gasteiger partial charge < -0.3 is 14.6 Å². The number of carbonyl (C=O) groups excluding carboxylic acids is 1. The first kappa shape index (κ1) is 18.5. The molecule has 2 aromatic carbocycles. The number of nitrogens with zero attached hydrogens (tertiary/aromatic N) is 3. The number of para-hydroxylation sites is 1. The lowest BCUT2D eigenvalue weighted by Gasteiger charge is -2.12. The first-order valence-electron chi connectivity index (χ1n) is 9.33. The third kappa shape index (κ3) is 4.51. The third-order valence-electron chi connectivity index (χ3n) is 4.66. The Morgan fingerprint density at radius 2 is 1.96 bits per heavy atom. The normalized spacial score (nSPS) is 13.3. The maximum atomic E-state index is 12.6. The lowest BCUT2D eigenvalue weighted by Crippen LogP contribution is -2.27. The maximum absolute atomic E-state index is 12.6. The summed E-state index contributed by atoms with van der Waals surface area (Å²) in [5.41, 5.74) is 1.50. The first-order chi connectivity index (χ1) is 13.7. The molecule has 6 nitrogen and oxygen atoms in total. The number of amides is 1. The smallest absolute Gasteiger partial charge is 0.255 e. The average molecular weight is 397 g/mol. The zero-order valence-corrected chi connectivity index (χ0v) is 16.1. The number of benzene rings is 2. The SMILES string of the molecule is O=C(NCCc1nncn1C1CC1)c1ccccc1OCc1ccc(Cl)cc1. The summed E-state index contributed by atoms with van der Waals surface area (Å²) >= 11 is 5.91. The minimum Gasteiger partial charge on any atom is -0.488 e. The van der Waals surface area contributed by atoms with Gasteiger partial charge in [-0.2, -0.15) is 0 Å². The standard InChI is InChI=1S/C21H21ClN4O2/c22-16-7-5-15(6-8-16)13-28-19-4-2-1-3-18(19)21(27)23-12-11-20-25-24-14-26(20)17-9-10-17/h1-8,14,17H,9-13H2,(H,23,27). The van der Waals surface area contributed by atoms with Gasteiger partial charge >= 0.3 is 0 Å². The van der Waals surface area contributed by atoms with Gasteiger partial charge in [0.25, 0.3) is 5.91 Å². The fraction of sp³-hybridized carbons (Fsp3) is 0.286. The van der Waals surface area contributed by atoms with E-state index in [1.165, 1.54) is 12.8 Å². The van der Waals surface area contributed by atoms with Gasteiger partial charge in [0.05, 0.1) is 5.56 Å². The highest BCUT2D eigenvalue weighted by molar-refractivity contribution is 6.30. The van der Waals surface area contributed by atoms with Crippen LogP contribution in [0.1, 0.15) is 40.6 Å². The average Bonchev–Trinajstić information content (AvgIpc) is 3.46. The Kier molecular flexibility index (Phi) is 5.58. The molecule has 1 fully saturated rings. The van der Waals surface area contributed by atoms with Gasteiger partial charge in [0.2, 0.25) is 0 Å². The van der Waals surface area contributed by atoms with Crippen molar-refractivity contribution in [2.75, 3.05) is 6.54 Å². The molecule has 28 heavy (non-hydrogen) atoms. The Morgan fingerprint density at radius 3 is 2.75 bits per heavy atom. The summed E-state index contributed by atoms with van der Waals surface area (Å²) in [5, 5.41) is 11.8. The number of aromatic nitrogens is 3. The summed E-state index contributed by atoms with van der Waals surface area (Å²) in [7, 11) is 0. The van der Waals surface area contributed by atoms with Gasteiger partial charge in [0, 0.05) is 24.0 Å². The van der Waals surface area contributed by atoms with E-state index in [2.05, 4.69) is 20.1 Å². The number of hydrogen-bond donors (Lipinski definition) is 1. The van der Waals surface area contributed by atoms with Gasteiger partial charge in [-0.05, 0) is 42.7 Å². The van der Waals surface area contributed by atoms with Crippen LogP contribution in [0.5, 0.6) is 5.75 Å². The fourth-order valence-corrected chi connectivity index (χ4v) is 3.13. The number of carbonyl (C=O) groups is 1. The van der Waals surface area contributed by atoms with E-state index >= 15 is 0 Å². The largest absolute Gasteiger partial charge is 0.488 e. The van der Waals surface area contributed by atoms with Crippen molar-refractivity contribution in [3.05, 3.63) is 76.8 Å². The second-order valence-corrected chi connectivity index (χ2v) is 7.24. The van der Waals surface area contributed by atoms with Gasteiger partial charge in [-0.25, -0.2) is 0 Å². The van der Waals surface area contributed by atoms with Crippen molar-refractivity contribution >= 4 is 17.5 Å². The van der Waals surface area contributed by atoms with E-state index in [-0.39, 0.29) is 5.91 Å². The van der Waals surface area contributed by atoms with E-state index in [1.54, 1.807) is 18.5 Å². The monoisotopic (exact) mass is 396 g/mol. The second kappa shape index (κ2) is 8.44.